The summed E-state index contributed by atoms with van der Waals surface area (Å²) in [6.45, 7) is 3.54. The van der Waals surface area contributed by atoms with Crippen LogP contribution in [0, 0.1) is 0 Å². The molecule has 2 aromatic carbocycles. The van der Waals surface area contributed by atoms with Crippen molar-refractivity contribution in [2.45, 2.75) is 6.04 Å². The summed E-state index contributed by atoms with van der Waals surface area (Å²) < 4.78 is 27.2. The van der Waals surface area contributed by atoms with Crippen LogP contribution in [0.1, 0.15) is 17.2 Å². The normalized spacial score (nSPS) is 19.7. The highest BCUT2D eigenvalue weighted by atomic mass is 16.5. The van der Waals surface area contributed by atoms with Gasteiger partial charge in [-0.2, -0.15) is 0 Å². The van der Waals surface area contributed by atoms with Gasteiger partial charge in [-0.1, -0.05) is 12.1 Å². The van der Waals surface area contributed by atoms with Gasteiger partial charge in [0, 0.05) is 31.7 Å². The molecule has 198 valence electrons. The third-order valence-electron chi connectivity index (χ3n) is 6.65. The third kappa shape index (κ3) is 5.21. The van der Waals surface area contributed by atoms with Crippen LogP contribution < -0.4 is 18.9 Å². The summed E-state index contributed by atoms with van der Waals surface area (Å²) in [5.41, 5.74) is 0.887. The van der Waals surface area contributed by atoms with Crippen molar-refractivity contribution < 1.29 is 38.4 Å². The summed E-state index contributed by atoms with van der Waals surface area (Å²) in [5.74, 6) is -0.0990. The first kappa shape index (κ1) is 26.3. The maximum absolute atomic E-state index is 13.4. The molecule has 2 saturated heterocycles. The number of carbonyl (C=O) groups excluding carboxylic acids is 2. The lowest BCUT2D eigenvalue weighted by Crippen LogP contribution is -2.42. The van der Waals surface area contributed by atoms with E-state index in [0.717, 1.165) is 13.1 Å². The van der Waals surface area contributed by atoms with E-state index in [4.69, 9.17) is 23.7 Å². The highest BCUT2D eigenvalue weighted by Gasteiger charge is 2.46. The van der Waals surface area contributed by atoms with Gasteiger partial charge in [-0.05, 0) is 29.8 Å². The van der Waals surface area contributed by atoms with Crippen LogP contribution in [0.5, 0.6) is 23.0 Å². The fourth-order valence-electron chi connectivity index (χ4n) is 4.72. The van der Waals surface area contributed by atoms with E-state index in [1.54, 1.807) is 36.4 Å². The number of hydrogen-bond acceptors (Lipinski definition) is 9. The number of Topliss-reactive ketones (excluding diaryl/α,β-unsaturated/α-hetero) is 1. The number of morpholine rings is 1. The molecular formula is C27H32N2O8. The third-order valence-corrected chi connectivity index (χ3v) is 6.65. The SMILES string of the molecule is COc1cccc(C(O)=C2C(=O)C(=O)N(CCN3CCOCC3)C2c2cc(OC)c(OC)c(OC)c2)c1. The average molecular weight is 513 g/mol. The zero-order valence-corrected chi connectivity index (χ0v) is 21.5. The number of benzene rings is 2. The van der Waals surface area contributed by atoms with Crippen LogP contribution in [-0.4, -0.2) is 94.4 Å². The van der Waals surface area contributed by atoms with Crippen molar-refractivity contribution >= 4 is 17.4 Å². The van der Waals surface area contributed by atoms with E-state index in [0.29, 0.717) is 53.9 Å². The second-order valence-corrected chi connectivity index (χ2v) is 8.64. The molecule has 2 fully saturated rings. The van der Waals surface area contributed by atoms with Crippen LogP contribution in [0.15, 0.2) is 42.0 Å². The molecule has 1 N–H and O–H groups in total. The van der Waals surface area contributed by atoms with Gasteiger partial charge in [0.05, 0.1) is 53.3 Å². The lowest BCUT2D eigenvalue weighted by Gasteiger charge is -2.31. The number of rotatable bonds is 9. The summed E-state index contributed by atoms with van der Waals surface area (Å²) in [6.07, 6.45) is 0. The van der Waals surface area contributed by atoms with Crippen molar-refractivity contribution in [3.63, 3.8) is 0 Å². The lowest BCUT2D eigenvalue weighted by molar-refractivity contribution is -0.140. The highest BCUT2D eigenvalue weighted by Crippen LogP contribution is 2.45. The van der Waals surface area contributed by atoms with Crippen molar-refractivity contribution in [3.05, 3.63) is 53.1 Å². The number of methoxy groups -OCH3 is 4. The van der Waals surface area contributed by atoms with Crippen molar-refractivity contribution in [1.29, 1.82) is 0 Å². The number of hydrogen-bond donors (Lipinski definition) is 1. The van der Waals surface area contributed by atoms with Gasteiger partial charge in [0.2, 0.25) is 5.75 Å². The number of aliphatic hydroxyl groups excluding tert-OH is 1. The zero-order chi connectivity index (χ0) is 26.5. The quantitative estimate of drug-likeness (QED) is 0.308. The first-order valence-corrected chi connectivity index (χ1v) is 12.0. The molecular weight excluding hydrogens is 480 g/mol. The van der Waals surface area contributed by atoms with Crippen LogP contribution in [0.25, 0.3) is 5.76 Å². The largest absolute Gasteiger partial charge is 0.507 e. The monoisotopic (exact) mass is 512 g/mol. The van der Waals surface area contributed by atoms with Crippen molar-refractivity contribution in [1.82, 2.24) is 9.80 Å². The highest BCUT2D eigenvalue weighted by molar-refractivity contribution is 6.46. The Morgan fingerprint density at radius 3 is 2.22 bits per heavy atom. The maximum Gasteiger partial charge on any atom is 0.295 e. The molecule has 0 aromatic heterocycles. The fourth-order valence-corrected chi connectivity index (χ4v) is 4.72. The average Bonchev–Trinajstić information content (AvgIpc) is 3.20. The molecule has 1 unspecified atom stereocenters. The molecule has 37 heavy (non-hydrogen) atoms. The minimum absolute atomic E-state index is 0.0190. The summed E-state index contributed by atoms with van der Waals surface area (Å²) in [7, 11) is 6.00. The van der Waals surface area contributed by atoms with Crippen LogP contribution in [-0.2, 0) is 14.3 Å². The summed E-state index contributed by atoms with van der Waals surface area (Å²) in [6, 6.07) is 9.22. The molecule has 4 rings (SSSR count). The molecule has 2 aliphatic rings. The van der Waals surface area contributed by atoms with Gasteiger partial charge in [-0.3, -0.25) is 14.5 Å². The van der Waals surface area contributed by atoms with Crippen molar-refractivity contribution in [3.8, 4) is 23.0 Å². The smallest absolute Gasteiger partial charge is 0.295 e. The first-order chi connectivity index (χ1) is 17.9. The van der Waals surface area contributed by atoms with Crippen LogP contribution in [0.2, 0.25) is 0 Å². The molecule has 0 bridgehead atoms. The minimum atomic E-state index is -0.874. The number of ketones is 1. The van der Waals surface area contributed by atoms with Gasteiger partial charge in [0.25, 0.3) is 11.7 Å². The Morgan fingerprint density at radius 2 is 1.62 bits per heavy atom. The van der Waals surface area contributed by atoms with Crippen LogP contribution in [0.4, 0.5) is 0 Å². The van der Waals surface area contributed by atoms with Crippen molar-refractivity contribution in [2.24, 2.45) is 0 Å². The molecule has 1 atom stereocenters. The predicted octanol–water partition coefficient (Wildman–Crippen LogP) is 2.47. The molecule has 2 heterocycles. The number of aliphatic hydroxyl groups is 1. The molecule has 0 radical (unpaired) electrons. The summed E-state index contributed by atoms with van der Waals surface area (Å²) >= 11 is 0. The molecule has 0 spiro atoms. The maximum atomic E-state index is 13.4. The molecule has 10 heteroatoms. The molecule has 1 amide bonds. The van der Waals surface area contributed by atoms with E-state index in [2.05, 4.69) is 4.90 Å². The van der Waals surface area contributed by atoms with Crippen LogP contribution in [0.3, 0.4) is 0 Å². The molecule has 2 aromatic rings. The Labute approximate surface area is 215 Å². The second-order valence-electron chi connectivity index (χ2n) is 8.64. The Balaban J connectivity index is 1.84. The Bertz CT molecular complexity index is 1160. The molecule has 10 nitrogen and oxygen atoms in total. The van der Waals surface area contributed by atoms with E-state index in [9.17, 15) is 14.7 Å². The van der Waals surface area contributed by atoms with Gasteiger partial charge >= 0.3 is 0 Å². The van der Waals surface area contributed by atoms with Gasteiger partial charge in [-0.15, -0.1) is 0 Å². The van der Waals surface area contributed by atoms with Gasteiger partial charge in [0.1, 0.15) is 11.5 Å². The topological polar surface area (TPSA) is 107 Å². The van der Waals surface area contributed by atoms with Gasteiger partial charge < -0.3 is 33.7 Å². The molecule has 2 aliphatic heterocycles. The minimum Gasteiger partial charge on any atom is -0.507 e. The Kier molecular flexibility index (Phi) is 8.20. The predicted molar refractivity (Wildman–Crippen MR) is 135 cm³/mol. The van der Waals surface area contributed by atoms with Crippen molar-refractivity contribution in [2.75, 3.05) is 67.8 Å². The lowest BCUT2D eigenvalue weighted by atomic mass is 9.94. The number of ether oxygens (including phenoxy) is 5. The van der Waals surface area contributed by atoms with Crippen LogP contribution >= 0.6 is 0 Å². The number of nitrogens with zero attached hydrogens (tertiary/aromatic N) is 2. The molecule has 0 saturated carbocycles. The van der Waals surface area contributed by atoms with E-state index in [-0.39, 0.29) is 17.9 Å². The molecule has 0 aliphatic carbocycles. The Morgan fingerprint density at radius 1 is 0.946 bits per heavy atom. The zero-order valence-electron chi connectivity index (χ0n) is 21.5. The van der Waals surface area contributed by atoms with Gasteiger partial charge in [0.15, 0.2) is 11.5 Å². The van der Waals surface area contributed by atoms with E-state index >= 15 is 0 Å². The van der Waals surface area contributed by atoms with E-state index in [1.165, 1.54) is 33.3 Å². The fraction of sp³-hybridized carbons (Fsp3) is 0.407. The summed E-state index contributed by atoms with van der Waals surface area (Å²) in [4.78, 5) is 30.4. The van der Waals surface area contributed by atoms with E-state index in [1.807, 2.05) is 0 Å². The van der Waals surface area contributed by atoms with Gasteiger partial charge in [-0.25, -0.2) is 0 Å². The summed E-state index contributed by atoms with van der Waals surface area (Å²) in [5, 5.41) is 11.4. The number of amides is 1. The number of likely N-dealkylation sites (tertiary alicyclic amines) is 1. The van der Waals surface area contributed by atoms with E-state index < -0.39 is 17.7 Å². The number of carbonyl (C=O) groups is 2. The first-order valence-electron chi connectivity index (χ1n) is 12.0. The Hall–Kier alpha value is -3.76. The second kappa shape index (κ2) is 11.5. The standard InChI is InChI=1S/C27H32N2O8/c1-33-19-7-5-6-17(14-19)24(30)22-23(18-15-20(34-2)26(36-4)21(16-18)35-3)29(27(32)25(22)31)9-8-28-10-12-37-13-11-28/h5-7,14-16,23,30H,8-13H2,1-4H3.